The highest BCUT2D eigenvalue weighted by Crippen LogP contribution is 1.78. The zero-order valence-corrected chi connectivity index (χ0v) is 7.02. The molecule has 0 heterocycles. The maximum atomic E-state index is 10.2. The van der Waals surface area contributed by atoms with E-state index in [1.165, 1.54) is 7.11 Å². The lowest BCUT2D eigenvalue weighted by Gasteiger charge is -1.98. The van der Waals surface area contributed by atoms with Crippen LogP contribution in [0.5, 0.6) is 0 Å². The number of alkyl carbamates (subject to hydrolysis) is 1. The fourth-order valence-electron chi connectivity index (χ4n) is 0.225. The van der Waals surface area contributed by atoms with Crippen LogP contribution in [0.4, 0.5) is 4.79 Å². The third-order valence-electron chi connectivity index (χ3n) is 0.501. The topological polar surface area (TPSA) is 38.3 Å². The summed E-state index contributed by atoms with van der Waals surface area (Å²) in [6.07, 6.45) is -0.475. The van der Waals surface area contributed by atoms with Gasteiger partial charge in [0.15, 0.2) is 0 Å². The summed E-state index contributed by atoms with van der Waals surface area (Å²) in [4.78, 5) is 10.2. The summed E-state index contributed by atoms with van der Waals surface area (Å²) >= 11 is 0. The molecule has 0 fully saturated rings. The van der Waals surface area contributed by atoms with Gasteiger partial charge in [-0.1, -0.05) is 20.4 Å². The number of carbonyl (C=O) groups is 1. The summed E-state index contributed by atoms with van der Waals surface area (Å²) in [5.41, 5.74) is 0.580. The number of methoxy groups -OCH3 is 1. The van der Waals surface area contributed by atoms with Crippen LogP contribution in [0, 0.1) is 0 Å². The highest BCUT2D eigenvalue weighted by atomic mass is 16.5. The number of ether oxygens (including phenoxy) is 1. The first-order chi connectivity index (χ1) is 4.66. The van der Waals surface area contributed by atoms with E-state index in [0.717, 1.165) is 0 Å². The van der Waals surface area contributed by atoms with Gasteiger partial charge in [0.2, 0.25) is 0 Å². The van der Waals surface area contributed by atoms with Gasteiger partial charge in [0.1, 0.15) is 0 Å². The first kappa shape index (κ1) is 11.8. The average molecular weight is 147 g/mol. The van der Waals surface area contributed by atoms with E-state index in [2.05, 4.69) is 16.6 Å². The van der Waals surface area contributed by atoms with Gasteiger partial charge in [-0.3, -0.25) is 5.32 Å². The summed E-state index contributed by atoms with van der Waals surface area (Å²) < 4.78 is 4.25. The molecule has 0 aromatic rings. The van der Waals surface area contributed by atoms with Crippen molar-refractivity contribution in [3.05, 3.63) is 12.3 Å². The van der Waals surface area contributed by atoms with E-state index in [-0.39, 0.29) is 1.43 Å². The molecule has 0 radical (unpaired) electrons. The molecular formula is C7H17NO2. The van der Waals surface area contributed by atoms with Crippen LogP contribution in [-0.4, -0.2) is 13.2 Å². The molecular weight excluding hydrogens is 130 g/mol. The van der Waals surface area contributed by atoms with Crippen LogP contribution in [-0.2, 0) is 4.74 Å². The fourth-order valence-corrected chi connectivity index (χ4v) is 0.225. The van der Waals surface area contributed by atoms with Crippen LogP contribution in [0.3, 0.4) is 0 Å². The zero-order chi connectivity index (χ0) is 8.57. The normalized spacial score (nSPS) is 6.80. The number of amides is 1. The van der Waals surface area contributed by atoms with Gasteiger partial charge in [-0.05, 0) is 6.92 Å². The van der Waals surface area contributed by atoms with Crippen molar-refractivity contribution in [3.63, 3.8) is 0 Å². The van der Waals surface area contributed by atoms with Gasteiger partial charge in [-0.25, -0.2) is 4.79 Å². The molecule has 0 aliphatic heterocycles. The Morgan fingerprint density at radius 3 is 2.10 bits per heavy atom. The largest absolute Gasteiger partial charge is 0.453 e. The number of allylic oxidation sites excluding steroid dienone is 1. The SMILES string of the molecule is C=C(C)NC(=O)OC.CC.[HH]. The second kappa shape index (κ2) is 8.01. The Morgan fingerprint density at radius 2 is 2.00 bits per heavy atom. The van der Waals surface area contributed by atoms with Crippen molar-refractivity contribution in [1.82, 2.24) is 5.32 Å². The molecule has 0 atom stereocenters. The molecule has 0 aromatic carbocycles. The quantitative estimate of drug-likeness (QED) is 0.617. The van der Waals surface area contributed by atoms with Gasteiger partial charge in [-0.15, -0.1) is 0 Å². The van der Waals surface area contributed by atoms with Crippen LogP contribution in [0.2, 0.25) is 0 Å². The Morgan fingerprint density at radius 1 is 1.60 bits per heavy atom. The summed E-state index contributed by atoms with van der Waals surface area (Å²) in [7, 11) is 1.30. The lowest BCUT2D eigenvalue weighted by Crippen LogP contribution is -2.19. The Kier molecular flexibility index (Phi) is 9.42. The van der Waals surface area contributed by atoms with Gasteiger partial charge < -0.3 is 4.74 Å². The molecule has 3 nitrogen and oxygen atoms in total. The van der Waals surface area contributed by atoms with Crippen molar-refractivity contribution in [2.24, 2.45) is 0 Å². The van der Waals surface area contributed by atoms with Gasteiger partial charge in [-0.2, -0.15) is 0 Å². The van der Waals surface area contributed by atoms with Crippen LogP contribution < -0.4 is 5.32 Å². The molecule has 62 valence electrons. The Bertz CT molecular complexity index is 115. The highest BCUT2D eigenvalue weighted by molar-refractivity contribution is 5.68. The first-order valence-electron chi connectivity index (χ1n) is 3.17. The van der Waals surface area contributed by atoms with Crippen molar-refractivity contribution < 1.29 is 11.0 Å². The van der Waals surface area contributed by atoms with E-state index in [9.17, 15) is 4.79 Å². The number of rotatable bonds is 1. The van der Waals surface area contributed by atoms with E-state index in [1.807, 2.05) is 13.8 Å². The summed E-state index contributed by atoms with van der Waals surface area (Å²) in [5, 5.41) is 2.34. The Hall–Kier alpha value is -0.990. The van der Waals surface area contributed by atoms with E-state index in [4.69, 9.17) is 0 Å². The molecule has 0 bridgehead atoms. The Labute approximate surface area is 63.6 Å². The van der Waals surface area contributed by atoms with Crippen LogP contribution in [0.25, 0.3) is 0 Å². The minimum atomic E-state index is -0.475. The Balaban J connectivity index is -0.000000196. The molecule has 0 aliphatic rings. The van der Waals surface area contributed by atoms with E-state index in [1.54, 1.807) is 6.92 Å². The fraction of sp³-hybridized carbons (Fsp3) is 0.571. The van der Waals surface area contributed by atoms with Crippen LogP contribution in [0.1, 0.15) is 22.2 Å². The molecule has 3 heteroatoms. The first-order valence-corrected chi connectivity index (χ1v) is 3.17. The van der Waals surface area contributed by atoms with E-state index in [0.29, 0.717) is 5.70 Å². The zero-order valence-electron chi connectivity index (χ0n) is 7.02. The second-order valence-corrected chi connectivity index (χ2v) is 1.40. The maximum absolute atomic E-state index is 10.2. The van der Waals surface area contributed by atoms with Gasteiger partial charge in [0.05, 0.1) is 7.11 Å². The van der Waals surface area contributed by atoms with Crippen molar-refractivity contribution >= 4 is 6.09 Å². The van der Waals surface area contributed by atoms with Crippen molar-refractivity contribution in [2.75, 3.05) is 7.11 Å². The van der Waals surface area contributed by atoms with Gasteiger partial charge in [0.25, 0.3) is 0 Å². The maximum Gasteiger partial charge on any atom is 0.411 e. The lowest BCUT2D eigenvalue weighted by atomic mass is 10.6. The number of hydrogen-bond acceptors (Lipinski definition) is 2. The third-order valence-corrected chi connectivity index (χ3v) is 0.501. The second-order valence-electron chi connectivity index (χ2n) is 1.40. The van der Waals surface area contributed by atoms with Gasteiger partial charge >= 0.3 is 6.09 Å². The number of carbonyl (C=O) groups excluding carboxylic acids is 1. The highest BCUT2D eigenvalue weighted by Gasteiger charge is 1.93. The molecule has 10 heavy (non-hydrogen) atoms. The summed E-state index contributed by atoms with van der Waals surface area (Å²) in [5.74, 6) is 0. The molecule has 0 unspecified atom stereocenters. The lowest BCUT2D eigenvalue weighted by molar-refractivity contribution is 0.174. The molecule has 1 N–H and O–H groups in total. The van der Waals surface area contributed by atoms with Crippen molar-refractivity contribution in [1.29, 1.82) is 0 Å². The number of nitrogens with one attached hydrogen (secondary N) is 1. The number of hydrogen-bond donors (Lipinski definition) is 1. The summed E-state index contributed by atoms with van der Waals surface area (Å²) in [6.45, 7) is 9.11. The molecule has 0 aromatic heterocycles. The predicted molar refractivity (Wildman–Crippen MR) is 43.8 cm³/mol. The standard InChI is InChI=1S/C5H9NO2.C2H6.H2/c1-4(2)6-5(7)8-3;1-2;/h1H2,2-3H3,(H,6,7);1-2H3;1H. The smallest absolute Gasteiger partial charge is 0.411 e. The van der Waals surface area contributed by atoms with Crippen molar-refractivity contribution in [2.45, 2.75) is 20.8 Å². The van der Waals surface area contributed by atoms with Crippen LogP contribution >= 0.6 is 0 Å². The molecule has 1 amide bonds. The van der Waals surface area contributed by atoms with Crippen molar-refractivity contribution in [3.8, 4) is 0 Å². The molecule has 0 aliphatic carbocycles. The molecule has 0 rings (SSSR count). The average Bonchev–Trinajstić information content (AvgIpc) is 1.91. The van der Waals surface area contributed by atoms with E-state index < -0.39 is 6.09 Å². The monoisotopic (exact) mass is 147 g/mol. The minimum absolute atomic E-state index is 0. The summed E-state index contributed by atoms with van der Waals surface area (Å²) in [6, 6.07) is 0. The van der Waals surface area contributed by atoms with Crippen LogP contribution in [0.15, 0.2) is 12.3 Å². The predicted octanol–water partition coefficient (Wildman–Crippen LogP) is 2.15. The third kappa shape index (κ3) is 10.1. The van der Waals surface area contributed by atoms with Gasteiger partial charge in [0, 0.05) is 7.12 Å². The van der Waals surface area contributed by atoms with E-state index >= 15 is 0 Å². The minimum Gasteiger partial charge on any atom is -0.453 e. The molecule has 0 saturated carbocycles. The molecule has 0 saturated heterocycles. The molecule has 0 spiro atoms.